The first-order valence-electron chi connectivity index (χ1n) is 6.42. The second-order valence-corrected chi connectivity index (χ2v) is 6.23. The van der Waals surface area contributed by atoms with Gasteiger partial charge in [-0.15, -0.1) is 0 Å². The van der Waals surface area contributed by atoms with Gasteiger partial charge >= 0.3 is 8.80 Å². The van der Waals surface area contributed by atoms with Crippen molar-refractivity contribution in [1.82, 2.24) is 0 Å². The fourth-order valence-electron chi connectivity index (χ4n) is 1.46. The number of rotatable bonds is 10. The van der Waals surface area contributed by atoms with Crippen LogP contribution in [0.5, 0.6) is 0 Å². The van der Waals surface area contributed by atoms with Gasteiger partial charge in [0.2, 0.25) is 0 Å². The zero-order chi connectivity index (χ0) is 14.0. The van der Waals surface area contributed by atoms with Crippen molar-refractivity contribution in [2.75, 3.05) is 26.4 Å². The van der Waals surface area contributed by atoms with Gasteiger partial charge in [0.05, 0.1) is 0 Å². The molecule has 4 nitrogen and oxygen atoms in total. The highest BCUT2D eigenvalue weighted by Crippen LogP contribution is 2.22. The zero-order valence-corrected chi connectivity index (χ0v) is 13.2. The van der Waals surface area contributed by atoms with Crippen molar-refractivity contribution in [1.29, 1.82) is 0 Å². The predicted octanol–water partition coefficient (Wildman–Crippen LogP) is 3.07. The number of hydrogen-bond acceptors (Lipinski definition) is 4. The zero-order valence-electron chi connectivity index (χ0n) is 12.2. The standard InChI is InChI=1S/C13H26O4Si/c1-7-13(14-11-12(5)6)18(15-8-2,16-9-3)17-10-4/h7H,5,8-11H2,1-4,6H3/b13-7-. The Hall–Kier alpha value is -0.623. The molecule has 0 atom stereocenters. The van der Waals surface area contributed by atoms with E-state index in [1.165, 1.54) is 0 Å². The second-order valence-electron chi connectivity index (χ2n) is 3.75. The van der Waals surface area contributed by atoms with Gasteiger partial charge in [-0.3, -0.25) is 0 Å². The molecule has 0 N–H and O–H groups in total. The monoisotopic (exact) mass is 274 g/mol. The molecule has 0 saturated heterocycles. The molecule has 0 saturated carbocycles. The normalized spacial score (nSPS) is 12.6. The molecule has 0 aliphatic rings. The molecule has 18 heavy (non-hydrogen) atoms. The van der Waals surface area contributed by atoms with Crippen molar-refractivity contribution in [3.05, 3.63) is 23.6 Å². The fourth-order valence-corrected chi connectivity index (χ4v) is 3.88. The SMILES string of the molecule is C=C(C)CO/C(=C/C)[Si](OCC)(OCC)OCC. The van der Waals surface area contributed by atoms with E-state index in [4.69, 9.17) is 18.0 Å². The molecule has 0 heterocycles. The summed E-state index contributed by atoms with van der Waals surface area (Å²) in [6, 6.07) is 0. The summed E-state index contributed by atoms with van der Waals surface area (Å²) >= 11 is 0. The number of hydrogen-bond donors (Lipinski definition) is 0. The molecule has 0 amide bonds. The lowest BCUT2D eigenvalue weighted by atomic mass is 10.4. The maximum Gasteiger partial charge on any atom is 0.573 e. The molecular weight excluding hydrogens is 248 g/mol. The molecule has 0 aliphatic carbocycles. The van der Waals surface area contributed by atoms with Crippen LogP contribution in [0.4, 0.5) is 0 Å². The Bertz CT molecular complexity index is 259. The van der Waals surface area contributed by atoms with Crippen molar-refractivity contribution in [2.24, 2.45) is 0 Å². The van der Waals surface area contributed by atoms with E-state index in [1.54, 1.807) is 0 Å². The van der Waals surface area contributed by atoms with Gasteiger partial charge in [-0.1, -0.05) is 6.58 Å². The first-order valence-corrected chi connectivity index (χ1v) is 8.14. The molecular formula is C13H26O4Si. The highest BCUT2D eigenvalue weighted by molar-refractivity contribution is 6.68. The van der Waals surface area contributed by atoms with Crippen LogP contribution >= 0.6 is 0 Å². The third-order valence-electron chi connectivity index (χ3n) is 2.04. The third-order valence-corrected chi connectivity index (χ3v) is 5.08. The summed E-state index contributed by atoms with van der Waals surface area (Å²) in [4.78, 5) is 0. The van der Waals surface area contributed by atoms with Gasteiger partial charge in [0, 0.05) is 19.8 Å². The molecule has 0 aromatic rings. The van der Waals surface area contributed by atoms with E-state index in [0.29, 0.717) is 31.8 Å². The van der Waals surface area contributed by atoms with Gasteiger partial charge in [-0.05, 0) is 46.3 Å². The Morgan fingerprint density at radius 1 is 1.06 bits per heavy atom. The van der Waals surface area contributed by atoms with Crippen molar-refractivity contribution in [3.63, 3.8) is 0 Å². The minimum absolute atomic E-state index is 0.446. The Balaban J connectivity index is 5.01. The molecule has 0 rings (SSSR count). The summed E-state index contributed by atoms with van der Waals surface area (Å²) < 4.78 is 23.0. The van der Waals surface area contributed by atoms with Crippen LogP contribution in [-0.4, -0.2) is 35.2 Å². The van der Waals surface area contributed by atoms with Gasteiger partial charge in [-0.25, -0.2) is 0 Å². The van der Waals surface area contributed by atoms with Gasteiger partial charge < -0.3 is 18.0 Å². The van der Waals surface area contributed by atoms with E-state index in [1.807, 2.05) is 40.7 Å². The molecule has 0 bridgehead atoms. The van der Waals surface area contributed by atoms with E-state index in [2.05, 4.69) is 6.58 Å². The number of ether oxygens (including phenoxy) is 1. The summed E-state index contributed by atoms with van der Waals surface area (Å²) in [5.41, 5.74) is 0.946. The van der Waals surface area contributed by atoms with Crippen molar-refractivity contribution >= 4 is 8.80 Å². The van der Waals surface area contributed by atoms with E-state index in [0.717, 1.165) is 5.57 Å². The van der Waals surface area contributed by atoms with Crippen LogP contribution in [0.3, 0.4) is 0 Å². The first-order chi connectivity index (χ1) is 8.56. The van der Waals surface area contributed by atoms with E-state index in [9.17, 15) is 0 Å². The van der Waals surface area contributed by atoms with Crippen LogP contribution in [0.25, 0.3) is 0 Å². The Kier molecular flexibility index (Phi) is 9.00. The van der Waals surface area contributed by atoms with Crippen molar-refractivity contribution in [3.8, 4) is 0 Å². The van der Waals surface area contributed by atoms with Gasteiger partial charge in [-0.2, -0.15) is 0 Å². The van der Waals surface area contributed by atoms with E-state index in [-0.39, 0.29) is 0 Å². The minimum atomic E-state index is -2.89. The van der Waals surface area contributed by atoms with Crippen LogP contribution in [0.2, 0.25) is 0 Å². The van der Waals surface area contributed by atoms with E-state index >= 15 is 0 Å². The van der Waals surface area contributed by atoms with E-state index < -0.39 is 8.80 Å². The molecule has 0 spiro atoms. The lowest BCUT2D eigenvalue weighted by Gasteiger charge is -2.30. The molecule has 5 heteroatoms. The topological polar surface area (TPSA) is 36.9 Å². The maximum absolute atomic E-state index is 5.77. The highest BCUT2D eigenvalue weighted by atomic mass is 28.4. The Labute approximate surface area is 112 Å². The lowest BCUT2D eigenvalue weighted by molar-refractivity contribution is 0.0588. The summed E-state index contributed by atoms with van der Waals surface area (Å²) in [6.45, 7) is 15.4. The van der Waals surface area contributed by atoms with Gasteiger partial charge in [0.1, 0.15) is 6.61 Å². The van der Waals surface area contributed by atoms with Crippen LogP contribution in [0, 0.1) is 0 Å². The second kappa shape index (κ2) is 9.33. The average molecular weight is 274 g/mol. The predicted molar refractivity (Wildman–Crippen MR) is 75.2 cm³/mol. The quantitative estimate of drug-likeness (QED) is 0.348. The maximum atomic E-state index is 5.77. The minimum Gasteiger partial charge on any atom is -0.491 e. The van der Waals surface area contributed by atoms with Gasteiger partial charge in [0.25, 0.3) is 0 Å². The van der Waals surface area contributed by atoms with Crippen LogP contribution in [0.1, 0.15) is 34.6 Å². The van der Waals surface area contributed by atoms with Gasteiger partial charge in [0.15, 0.2) is 5.38 Å². The summed E-state index contributed by atoms with van der Waals surface area (Å²) in [5.74, 6) is 0. The number of allylic oxidation sites excluding steroid dienone is 1. The first kappa shape index (κ1) is 17.4. The Morgan fingerprint density at radius 3 is 1.78 bits per heavy atom. The highest BCUT2D eigenvalue weighted by Gasteiger charge is 2.47. The smallest absolute Gasteiger partial charge is 0.491 e. The van der Waals surface area contributed by atoms with Crippen LogP contribution in [0.15, 0.2) is 23.6 Å². The summed E-state index contributed by atoms with van der Waals surface area (Å²) in [6.07, 6.45) is 1.86. The lowest BCUT2D eigenvalue weighted by Crippen LogP contribution is -2.49. The third kappa shape index (κ3) is 5.35. The summed E-state index contributed by atoms with van der Waals surface area (Å²) in [7, 11) is -2.89. The molecule has 0 aromatic carbocycles. The van der Waals surface area contributed by atoms with Crippen LogP contribution in [-0.2, 0) is 18.0 Å². The average Bonchev–Trinajstić information content (AvgIpc) is 2.30. The molecule has 0 fully saturated rings. The molecule has 106 valence electrons. The van der Waals surface area contributed by atoms with Crippen molar-refractivity contribution < 1.29 is 18.0 Å². The molecule has 0 unspecified atom stereocenters. The largest absolute Gasteiger partial charge is 0.573 e. The molecule has 0 radical (unpaired) electrons. The van der Waals surface area contributed by atoms with Crippen LogP contribution < -0.4 is 0 Å². The molecule has 0 aliphatic heterocycles. The van der Waals surface area contributed by atoms with Crippen molar-refractivity contribution in [2.45, 2.75) is 34.6 Å². The molecule has 0 aromatic heterocycles. The Morgan fingerprint density at radius 2 is 1.50 bits per heavy atom. The summed E-state index contributed by atoms with van der Waals surface area (Å²) in [5, 5.41) is 0.663. The fraction of sp³-hybridized carbons (Fsp3) is 0.692.